The summed E-state index contributed by atoms with van der Waals surface area (Å²) in [6.45, 7) is 0. The number of nitrogens with two attached hydrogens (primary N) is 1. The summed E-state index contributed by atoms with van der Waals surface area (Å²) in [5.41, 5.74) is 6.37. The van der Waals surface area contributed by atoms with E-state index in [1.165, 1.54) is 30.3 Å². The summed E-state index contributed by atoms with van der Waals surface area (Å²) in [5, 5.41) is 15.3. The standard InChI is InChI=1S/C18H14ClFN4O4/c19-11-7-9(5-6-12(11)20)16-23-15(28-24-16)8-13(21)17(25)22-14-4-2-1-3-10(14)18(26)27/h1-7,13H,8,21H2,(H,22,25)(H,26,27). The number of aromatic carboxylic acids is 1. The number of carbonyl (C=O) groups excluding carboxylic acids is 1. The first-order valence-electron chi connectivity index (χ1n) is 8.02. The zero-order chi connectivity index (χ0) is 20.3. The lowest BCUT2D eigenvalue weighted by Gasteiger charge is -2.12. The third-order valence-corrected chi connectivity index (χ3v) is 4.08. The summed E-state index contributed by atoms with van der Waals surface area (Å²) >= 11 is 5.73. The van der Waals surface area contributed by atoms with Gasteiger partial charge in [-0.1, -0.05) is 28.9 Å². The molecule has 10 heteroatoms. The van der Waals surface area contributed by atoms with Crippen molar-refractivity contribution in [2.45, 2.75) is 12.5 Å². The van der Waals surface area contributed by atoms with Gasteiger partial charge in [-0.05, 0) is 30.3 Å². The van der Waals surface area contributed by atoms with Crippen LogP contribution < -0.4 is 11.1 Å². The first kappa shape index (κ1) is 19.5. The zero-order valence-corrected chi connectivity index (χ0v) is 15.0. The maximum absolute atomic E-state index is 13.2. The molecule has 2 aromatic carbocycles. The summed E-state index contributed by atoms with van der Waals surface area (Å²) in [6, 6.07) is 8.84. The molecule has 0 spiro atoms. The van der Waals surface area contributed by atoms with Crippen molar-refractivity contribution in [1.29, 1.82) is 0 Å². The van der Waals surface area contributed by atoms with E-state index < -0.39 is 23.7 Å². The maximum atomic E-state index is 13.2. The SMILES string of the molecule is NC(Cc1nc(-c2ccc(F)c(Cl)c2)no1)C(=O)Nc1ccccc1C(=O)O. The fraction of sp³-hybridized carbons (Fsp3) is 0.111. The molecule has 0 aliphatic carbocycles. The highest BCUT2D eigenvalue weighted by atomic mass is 35.5. The lowest BCUT2D eigenvalue weighted by Crippen LogP contribution is -2.37. The van der Waals surface area contributed by atoms with E-state index in [9.17, 15) is 14.0 Å². The van der Waals surface area contributed by atoms with Crippen LogP contribution in [0.4, 0.5) is 10.1 Å². The van der Waals surface area contributed by atoms with Crippen LogP contribution in [0.5, 0.6) is 0 Å². The van der Waals surface area contributed by atoms with Gasteiger partial charge in [0.2, 0.25) is 17.6 Å². The number of rotatable bonds is 6. The minimum absolute atomic E-state index is 0.0590. The number of amides is 1. The minimum atomic E-state index is -1.18. The lowest BCUT2D eigenvalue weighted by molar-refractivity contribution is -0.117. The van der Waals surface area contributed by atoms with Crippen molar-refractivity contribution in [2.75, 3.05) is 5.32 Å². The Kier molecular flexibility index (Phi) is 5.67. The highest BCUT2D eigenvalue weighted by Crippen LogP contribution is 2.23. The quantitative estimate of drug-likeness (QED) is 0.575. The Labute approximate surface area is 163 Å². The van der Waals surface area contributed by atoms with Crippen molar-refractivity contribution in [3.8, 4) is 11.4 Å². The number of hydrogen-bond donors (Lipinski definition) is 3. The normalized spacial score (nSPS) is 11.8. The second kappa shape index (κ2) is 8.15. The van der Waals surface area contributed by atoms with Crippen LogP contribution in [0, 0.1) is 5.82 Å². The van der Waals surface area contributed by atoms with Crippen LogP contribution in [0.1, 0.15) is 16.2 Å². The molecule has 0 aliphatic rings. The van der Waals surface area contributed by atoms with Crippen LogP contribution in [0.3, 0.4) is 0 Å². The molecule has 0 saturated carbocycles. The molecule has 0 aliphatic heterocycles. The highest BCUT2D eigenvalue weighted by molar-refractivity contribution is 6.31. The largest absolute Gasteiger partial charge is 0.478 e. The van der Waals surface area contributed by atoms with Gasteiger partial charge in [0, 0.05) is 5.56 Å². The van der Waals surface area contributed by atoms with E-state index in [4.69, 9.17) is 27.0 Å². The summed E-state index contributed by atoms with van der Waals surface area (Å²) in [5.74, 6) is -2.11. The average Bonchev–Trinajstić information content (AvgIpc) is 3.12. The Balaban J connectivity index is 1.69. The minimum Gasteiger partial charge on any atom is -0.478 e. The molecule has 8 nitrogen and oxygen atoms in total. The third kappa shape index (κ3) is 4.33. The molecule has 4 N–H and O–H groups in total. The third-order valence-electron chi connectivity index (χ3n) is 3.79. The number of halogens is 2. The van der Waals surface area contributed by atoms with Crippen molar-refractivity contribution in [2.24, 2.45) is 5.73 Å². The number of carboxylic acid groups (broad SMARTS) is 1. The average molecular weight is 405 g/mol. The van der Waals surface area contributed by atoms with E-state index in [1.54, 1.807) is 12.1 Å². The Bertz CT molecular complexity index is 1040. The number of nitrogens with zero attached hydrogens (tertiary/aromatic N) is 2. The Morgan fingerprint density at radius 2 is 2.04 bits per heavy atom. The molecule has 28 heavy (non-hydrogen) atoms. The number of hydrogen-bond acceptors (Lipinski definition) is 6. The number of anilines is 1. The number of aromatic nitrogens is 2. The highest BCUT2D eigenvalue weighted by Gasteiger charge is 2.21. The van der Waals surface area contributed by atoms with Crippen LogP contribution in [-0.2, 0) is 11.2 Å². The van der Waals surface area contributed by atoms with Crippen LogP contribution in [0.25, 0.3) is 11.4 Å². The molecule has 1 atom stereocenters. The van der Waals surface area contributed by atoms with Gasteiger partial charge in [-0.15, -0.1) is 0 Å². The molecule has 0 radical (unpaired) electrons. The Morgan fingerprint density at radius 3 is 2.75 bits per heavy atom. The fourth-order valence-corrected chi connectivity index (χ4v) is 2.56. The maximum Gasteiger partial charge on any atom is 0.337 e. The smallest absolute Gasteiger partial charge is 0.337 e. The monoisotopic (exact) mass is 404 g/mol. The van der Waals surface area contributed by atoms with Gasteiger partial charge in [0.25, 0.3) is 0 Å². The van der Waals surface area contributed by atoms with Crippen LogP contribution >= 0.6 is 11.6 Å². The van der Waals surface area contributed by atoms with Crippen LogP contribution in [-0.4, -0.2) is 33.2 Å². The van der Waals surface area contributed by atoms with Gasteiger partial charge in [0.05, 0.1) is 28.7 Å². The molecule has 0 bridgehead atoms. The molecule has 144 valence electrons. The molecular weight excluding hydrogens is 391 g/mol. The fourth-order valence-electron chi connectivity index (χ4n) is 2.38. The number of carbonyl (C=O) groups is 2. The second-order valence-electron chi connectivity index (χ2n) is 5.79. The predicted molar refractivity (Wildman–Crippen MR) is 98.4 cm³/mol. The molecule has 1 amide bonds. The van der Waals surface area contributed by atoms with Crippen molar-refractivity contribution in [3.05, 3.63) is 64.8 Å². The number of nitrogens with one attached hydrogen (secondary N) is 1. The van der Waals surface area contributed by atoms with E-state index in [0.717, 1.165) is 0 Å². The lowest BCUT2D eigenvalue weighted by atomic mass is 10.1. The van der Waals surface area contributed by atoms with Crippen molar-refractivity contribution >= 4 is 29.2 Å². The van der Waals surface area contributed by atoms with E-state index in [0.29, 0.717) is 5.56 Å². The van der Waals surface area contributed by atoms with E-state index in [-0.39, 0.29) is 34.4 Å². The molecule has 1 heterocycles. The van der Waals surface area contributed by atoms with Crippen LogP contribution in [0.15, 0.2) is 47.0 Å². The van der Waals surface area contributed by atoms with Crippen molar-refractivity contribution in [1.82, 2.24) is 10.1 Å². The number of carboxylic acids is 1. The van der Waals surface area contributed by atoms with E-state index >= 15 is 0 Å². The van der Waals surface area contributed by atoms with E-state index in [2.05, 4.69) is 15.5 Å². The van der Waals surface area contributed by atoms with Crippen molar-refractivity contribution < 1.29 is 23.6 Å². The van der Waals surface area contributed by atoms with Gasteiger partial charge in [-0.3, -0.25) is 4.79 Å². The summed E-state index contributed by atoms with van der Waals surface area (Å²) < 4.78 is 18.3. The topological polar surface area (TPSA) is 131 Å². The molecular formula is C18H14ClFN4O4. The molecule has 0 fully saturated rings. The van der Waals surface area contributed by atoms with E-state index in [1.807, 2.05) is 0 Å². The first-order chi connectivity index (χ1) is 13.3. The molecule has 0 saturated heterocycles. The Morgan fingerprint density at radius 1 is 1.29 bits per heavy atom. The van der Waals surface area contributed by atoms with Gasteiger partial charge < -0.3 is 20.7 Å². The van der Waals surface area contributed by atoms with Crippen molar-refractivity contribution in [3.63, 3.8) is 0 Å². The van der Waals surface area contributed by atoms with Gasteiger partial charge in [0.15, 0.2) is 0 Å². The van der Waals surface area contributed by atoms with Gasteiger partial charge in [0.1, 0.15) is 5.82 Å². The zero-order valence-electron chi connectivity index (χ0n) is 14.2. The summed E-state index contributed by atoms with van der Waals surface area (Å²) in [6.07, 6.45) is -0.0804. The predicted octanol–water partition coefficient (Wildman–Crippen LogP) is 2.74. The molecule has 1 aromatic heterocycles. The first-order valence-corrected chi connectivity index (χ1v) is 8.39. The Hall–Kier alpha value is -3.30. The number of benzene rings is 2. The number of para-hydroxylation sites is 1. The summed E-state index contributed by atoms with van der Waals surface area (Å²) in [7, 11) is 0. The van der Waals surface area contributed by atoms with Gasteiger partial charge >= 0.3 is 5.97 Å². The van der Waals surface area contributed by atoms with Gasteiger partial charge in [-0.25, -0.2) is 9.18 Å². The second-order valence-corrected chi connectivity index (χ2v) is 6.20. The molecule has 3 aromatic rings. The summed E-state index contributed by atoms with van der Waals surface area (Å²) in [4.78, 5) is 27.6. The van der Waals surface area contributed by atoms with Crippen LogP contribution in [0.2, 0.25) is 5.02 Å². The molecule has 1 unspecified atom stereocenters. The molecule has 3 rings (SSSR count). The van der Waals surface area contributed by atoms with Gasteiger partial charge in [-0.2, -0.15) is 4.98 Å².